The van der Waals surface area contributed by atoms with Crippen LogP contribution >= 0.6 is 0 Å². The molecule has 84 valence electrons. The maximum absolute atomic E-state index is 13.0. The lowest BCUT2D eigenvalue weighted by Crippen LogP contribution is -2.14. The zero-order valence-corrected chi connectivity index (χ0v) is 9.41. The lowest BCUT2D eigenvalue weighted by atomic mass is 9.91. The molecule has 0 radical (unpaired) electrons. The van der Waals surface area contributed by atoms with Crippen LogP contribution in [0, 0.1) is 5.95 Å². The van der Waals surface area contributed by atoms with E-state index >= 15 is 0 Å². The van der Waals surface area contributed by atoms with Crippen LogP contribution in [0.25, 0.3) is 0 Å². The van der Waals surface area contributed by atoms with Crippen molar-refractivity contribution in [1.29, 1.82) is 0 Å². The Morgan fingerprint density at radius 3 is 2.20 bits per heavy atom. The Morgan fingerprint density at radius 2 is 1.87 bits per heavy atom. The molecule has 0 saturated carbocycles. The van der Waals surface area contributed by atoms with Crippen LogP contribution in [0.4, 0.5) is 4.39 Å². The van der Waals surface area contributed by atoms with E-state index in [9.17, 15) is 9.18 Å². The number of carbonyl (C=O) groups excluding carboxylic acids is 1. The highest BCUT2D eigenvalue weighted by molar-refractivity contribution is 5.74. The van der Waals surface area contributed by atoms with Crippen molar-refractivity contribution in [2.75, 3.05) is 7.11 Å². The summed E-state index contributed by atoms with van der Waals surface area (Å²) in [7, 11) is 1.00. The van der Waals surface area contributed by atoms with Gasteiger partial charge in [0.05, 0.1) is 5.56 Å². The zero-order valence-electron chi connectivity index (χ0n) is 9.41. The van der Waals surface area contributed by atoms with E-state index in [0.29, 0.717) is 12.0 Å². The summed E-state index contributed by atoms with van der Waals surface area (Å²) >= 11 is 0. The normalized spacial score (nSPS) is 10.3. The number of aromatic nitrogens is 1. The van der Waals surface area contributed by atoms with Gasteiger partial charge in [-0.05, 0) is 12.1 Å². The summed E-state index contributed by atoms with van der Waals surface area (Å²) in [4.78, 5) is 14.0. The minimum atomic E-state index is -0.692. The SMILES string of the molecule is CC(C)(C)c1ccc(C=O)c(F)n1.CO. The zero-order chi connectivity index (χ0) is 12.1. The average Bonchev–Trinajstić information content (AvgIpc) is 2.19. The van der Waals surface area contributed by atoms with Crippen LogP contribution in [0.5, 0.6) is 0 Å². The van der Waals surface area contributed by atoms with Gasteiger partial charge in [-0.1, -0.05) is 20.8 Å². The first-order valence-electron chi connectivity index (χ1n) is 4.52. The first-order chi connectivity index (χ1) is 6.95. The molecule has 0 fully saturated rings. The summed E-state index contributed by atoms with van der Waals surface area (Å²) in [5, 5.41) is 7.00. The smallest absolute Gasteiger partial charge is 0.223 e. The van der Waals surface area contributed by atoms with E-state index in [-0.39, 0.29) is 11.0 Å². The van der Waals surface area contributed by atoms with E-state index in [4.69, 9.17) is 5.11 Å². The third kappa shape index (κ3) is 3.75. The van der Waals surface area contributed by atoms with Crippen molar-refractivity contribution in [2.24, 2.45) is 0 Å². The number of nitrogens with zero attached hydrogens (tertiary/aromatic N) is 1. The molecular weight excluding hydrogens is 197 g/mol. The van der Waals surface area contributed by atoms with Crippen molar-refractivity contribution in [3.63, 3.8) is 0 Å². The topological polar surface area (TPSA) is 50.2 Å². The van der Waals surface area contributed by atoms with Gasteiger partial charge in [0, 0.05) is 18.2 Å². The van der Waals surface area contributed by atoms with Crippen LogP contribution in [-0.2, 0) is 5.41 Å². The van der Waals surface area contributed by atoms with Crippen LogP contribution < -0.4 is 0 Å². The third-order valence-electron chi connectivity index (χ3n) is 1.77. The summed E-state index contributed by atoms with van der Waals surface area (Å²) in [6, 6.07) is 3.13. The Balaban J connectivity index is 0.000000921. The molecule has 0 bridgehead atoms. The van der Waals surface area contributed by atoms with Gasteiger partial charge in [0.2, 0.25) is 5.95 Å². The lowest BCUT2D eigenvalue weighted by molar-refractivity contribution is 0.111. The molecule has 1 heterocycles. The Bertz CT molecular complexity index is 332. The summed E-state index contributed by atoms with van der Waals surface area (Å²) < 4.78 is 13.0. The summed E-state index contributed by atoms with van der Waals surface area (Å²) in [5.41, 5.74) is 0.464. The predicted molar refractivity (Wildman–Crippen MR) is 56.4 cm³/mol. The highest BCUT2D eigenvalue weighted by Crippen LogP contribution is 2.20. The molecule has 0 aliphatic heterocycles. The molecule has 1 aromatic heterocycles. The predicted octanol–water partition coefficient (Wildman–Crippen LogP) is 1.94. The minimum absolute atomic E-state index is 0.00741. The molecule has 1 rings (SSSR count). The molecule has 1 N–H and O–H groups in total. The second kappa shape index (κ2) is 5.56. The maximum Gasteiger partial charge on any atom is 0.223 e. The summed E-state index contributed by atoms with van der Waals surface area (Å²) in [6.07, 6.45) is 0.467. The lowest BCUT2D eigenvalue weighted by Gasteiger charge is -2.17. The van der Waals surface area contributed by atoms with Crippen molar-refractivity contribution in [3.8, 4) is 0 Å². The molecule has 0 aliphatic rings. The average molecular weight is 213 g/mol. The number of rotatable bonds is 1. The number of pyridine rings is 1. The summed E-state index contributed by atoms with van der Waals surface area (Å²) in [6.45, 7) is 5.82. The van der Waals surface area contributed by atoms with Gasteiger partial charge in [0.15, 0.2) is 6.29 Å². The molecule has 0 spiro atoms. The highest BCUT2D eigenvalue weighted by atomic mass is 19.1. The molecular formula is C11H16FNO2. The van der Waals surface area contributed by atoms with Gasteiger partial charge >= 0.3 is 0 Å². The van der Waals surface area contributed by atoms with E-state index in [0.717, 1.165) is 7.11 Å². The van der Waals surface area contributed by atoms with Gasteiger partial charge < -0.3 is 5.11 Å². The second-order valence-corrected chi connectivity index (χ2v) is 3.94. The van der Waals surface area contributed by atoms with Crippen LogP contribution in [0.2, 0.25) is 0 Å². The number of carbonyl (C=O) groups is 1. The van der Waals surface area contributed by atoms with Gasteiger partial charge in [-0.3, -0.25) is 4.79 Å². The second-order valence-electron chi connectivity index (χ2n) is 3.94. The molecule has 3 nitrogen and oxygen atoms in total. The number of aliphatic hydroxyl groups excluding tert-OH is 1. The van der Waals surface area contributed by atoms with Crippen molar-refractivity contribution >= 4 is 6.29 Å². The molecule has 0 aliphatic carbocycles. The van der Waals surface area contributed by atoms with Crippen LogP contribution in [0.3, 0.4) is 0 Å². The standard InChI is InChI=1S/C10H12FNO.CH4O/c1-10(2,3)8-5-4-7(6-13)9(11)12-8;1-2/h4-6H,1-3H3;2H,1H3. The Labute approximate surface area is 89.0 Å². The molecule has 15 heavy (non-hydrogen) atoms. The van der Waals surface area contributed by atoms with E-state index in [1.165, 1.54) is 6.07 Å². The molecule has 4 heteroatoms. The first kappa shape index (κ1) is 13.7. The number of hydrogen-bond donors (Lipinski definition) is 1. The monoisotopic (exact) mass is 213 g/mol. The van der Waals surface area contributed by atoms with E-state index in [1.807, 2.05) is 20.8 Å². The Hall–Kier alpha value is -1.29. The van der Waals surface area contributed by atoms with Crippen molar-refractivity contribution < 1.29 is 14.3 Å². The van der Waals surface area contributed by atoms with Crippen LogP contribution in [-0.4, -0.2) is 23.5 Å². The number of halogens is 1. The van der Waals surface area contributed by atoms with Gasteiger partial charge in [-0.25, -0.2) is 4.98 Å². The molecule has 0 aromatic carbocycles. The number of aldehydes is 1. The molecule has 1 aromatic rings. The minimum Gasteiger partial charge on any atom is -0.400 e. The molecule has 0 unspecified atom stereocenters. The fourth-order valence-corrected chi connectivity index (χ4v) is 0.951. The van der Waals surface area contributed by atoms with E-state index < -0.39 is 5.95 Å². The largest absolute Gasteiger partial charge is 0.400 e. The quantitative estimate of drug-likeness (QED) is 0.573. The first-order valence-corrected chi connectivity index (χ1v) is 4.52. The van der Waals surface area contributed by atoms with Gasteiger partial charge in [0.25, 0.3) is 0 Å². The third-order valence-corrected chi connectivity index (χ3v) is 1.77. The van der Waals surface area contributed by atoms with Crippen molar-refractivity contribution in [3.05, 3.63) is 29.3 Å². The molecule has 0 atom stereocenters. The number of hydrogen-bond acceptors (Lipinski definition) is 3. The Kier molecular flexibility index (Phi) is 5.08. The maximum atomic E-state index is 13.0. The van der Waals surface area contributed by atoms with Gasteiger partial charge in [-0.2, -0.15) is 4.39 Å². The fraction of sp³-hybridized carbons (Fsp3) is 0.455. The van der Waals surface area contributed by atoms with Crippen LogP contribution in [0.1, 0.15) is 36.8 Å². The number of aliphatic hydroxyl groups is 1. The summed E-state index contributed by atoms with van der Waals surface area (Å²) in [5.74, 6) is -0.692. The Morgan fingerprint density at radius 1 is 1.33 bits per heavy atom. The van der Waals surface area contributed by atoms with Crippen LogP contribution in [0.15, 0.2) is 12.1 Å². The van der Waals surface area contributed by atoms with E-state index in [1.54, 1.807) is 6.07 Å². The van der Waals surface area contributed by atoms with E-state index in [2.05, 4.69) is 4.98 Å². The fourth-order valence-electron chi connectivity index (χ4n) is 0.951. The molecule has 0 saturated heterocycles. The van der Waals surface area contributed by atoms with Gasteiger partial charge in [-0.15, -0.1) is 0 Å². The molecule has 0 amide bonds. The highest BCUT2D eigenvalue weighted by Gasteiger charge is 2.16. The van der Waals surface area contributed by atoms with Crippen molar-refractivity contribution in [1.82, 2.24) is 4.98 Å². The van der Waals surface area contributed by atoms with Crippen molar-refractivity contribution in [2.45, 2.75) is 26.2 Å². The van der Waals surface area contributed by atoms with Gasteiger partial charge in [0.1, 0.15) is 0 Å².